The fourth-order valence-electron chi connectivity index (χ4n) is 1.28. The Balaban J connectivity index is 2.82. The number of nitro groups is 1. The van der Waals surface area contributed by atoms with Gasteiger partial charge >= 0.3 is 16.2 Å². The summed E-state index contributed by atoms with van der Waals surface area (Å²) in [6.07, 6.45) is -0.341. The number of nitrogens with one attached hydrogen (secondary N) is 1. The molecule has 9 nitrogen and oxygen atoms in total. The molecule has 0 unspecified atom stereocenters. The molecule has 110 valence electrons. The van der Waals surface area contributed by atoms with Gasteiger partial charge < -0.3 is 5.11 Å². The first-order valence-corrected chi connectivity index (χ1v) is 6.86. The maximum absolute atomic E-state index is 11.8. The van der Waals surface area contributed by atoms with Gasteiger partial charge in [-0.15, -0.1) is 0 Å². The van der Waals surface area contributed by atoms with Gasteiger partial charge in [0.1, 0.15) is 0 Å². The molecule has 0 heterocycles. The second-order valence-electron chi connectivity index (χ2n) is 3.88. The van der Waals surface area contributed by atoms with Crippen molar-refractivity contribution < 1.29 is 23.2 Å². The van der Waals surface area contributed by atoms with Crippen LogP contribution in [0.1, 0.15) is 6.42 Å². The van der Waals surface area contributed by atoms with Gasteiger partial charge in [-0.2, -0.15) is 12.7 Å². The van der Waals surface area contributed by atoms with Crippen LogP contribution in [0.3, 0.4) is 0 Å². The van der Waals surface area contributed by atoms with E-state index >= 15 is 0 Å². The van der Waals surface area contributed by atoms with Gasteiger partial charge in [-0.25, -0.2) is 0 Å². The number of hydrogen-bond acceptors (Lipinski definition) is 5. The zero-order valence-electron chi connectivity index (χ0n) is 10.5. The lowest BCUT2D eigenvalue weighted by Gasteiger charge is -2.17. The zero-order chi connectivity index (χ0) is 15.3. The van der Waals surface area contributed by atoms with E-state index in [4.69, 9.17) is 5.11 Å². The SMILES string of the molecule is CN(CCC(=O)O)S(=O)(=O)Nc1cccc([N+](=O)[O-])c1. The van der Waals surface area contributed by atoms with Crippen LogP contribution in [0.5, 0.6) is 0 Å². The average molecular weight is 303 g/mol. The van der Waals surface area contributed by atoms with Gasteiger partial charge in [-0.05, 0) is 6.07 Å². The third-order valence-corrected chi connectivity index (χ3v) is 3.85. The molecule has 0 aliphatic carbocycles. The number of hydrogen-bond donors (Lipinski definition) is 2. The minimum Gasteiger partial charge on any atom is -0.481 e. The van der Waals surface area contributed by atoms with Crippen LogP contribution in [0.25, 0.3) is 0 Å². The maximum atomic E-state index is 11.8. The Morgan fingerprint density at radius 1 is 1.50 bits per heavy atom. The number of aliphatic carboxylic acids is 1. The van der Waals surface area contributed by atoms with Gasteiger partial charge in [0.2, 0.25) is 0 Å². The van der Waals surface area contributed by atoms with Crippen molar-refractivity contribution in [2.75, 3.05) is 18.3 Å². The smallest absolute Gasteiger partial charge is 0.304 e. The van der Waals surface area contributed by atoms with Crippen LogP contribution in [-0.2, 0) is 15.0 Å². The lowest BCUT2D eigenvalue weighted by atomic mass is 10.3. The molecular formula is C10H13N3O6S. The summed E-state index contributed by atoms with van der Waals surface area (Å²) in [5.41, 5.74) is -0.222. The molecule has 10 heteroatoms. The average Bonchev–Trinajstić information content (AvgIpc) is 2.35. The Morgan fingerprint density at radius 2 is 2.15 bits per heavy atom. The van der Waals surface area contributed by atoms with Crippen molar-refractivity contribution in [1.29, 1.82) is 0 Å². The molecule has 1 aromatic carbocycles. The van der Waals surface area contributed by atoms with Crippen LogP contribution in [0.15, 0.2) is 24.3 Å². The first-order valence-electron chi connectivity index (χ1n) is 5.42. The highest BCUT2D eigenvalue weighted by atomic mass is 32.2. The number of nitrogens with zero attached hydrogens (tertiary/aromatic N) is 2. The van der Waals surface area contributed by atoms with Crippen molar-refractivity contribution in [3.05, 3.63) is 34.4 Å². The van der Waals surface area contributed by atoms with Crippen molar-refractivity contribution >= 4 is 27.6 Å². The number of benzene rings is 1. The molecule has 0 bridgehead atoms. The minimum absolute atomic E-state index is 0.0291. The normalized spacial score (nSPS) is 11.3. The van der Waals surface area contributed by atoms with Crippen LogP contribution in [0.4, 0.5) is 11.4 Å². The lowest BCUT2D eigenvalue weighted by molar-refractivity contribution is -0.384. The lowest BCUT2D eigenvalue weighted by Crippen LogP contribution is -2.34. The van der Waals surface area contributed by atoms with Crippen molar-refractivity contribution in [3.63, 3.8) is 0 Å². The number of anilines is 1. The monoisotopic (exact) mass is 303 g/mol. The standard InChI is InChI=1S/C10H13N3O6S/c1-12(6-5-10(14)15)20(18,19)11-8-3-2-4-9(7-8)13(16)17/h2-4,7,11H,5-6H2,1H3,(H,14,15). The molecule has 0 spiro atoms. The highest BCUT2D eigenvalue weighted by Gasteiger charge is 2.19. The van der Waals surface area contributed by atoms with E-state index in [1.807, 2.05) is 0 Å². The molecule has 0 saturated carbocycles. The number of carboxylic acids is 1. The van der Waals surface area contributed by atoms with E-state index in [1.165, 1.54) is 25.2 Å². The summed E-state index contributed by atoms with van der Waals surface area (Å²) in [4.78, 5) is 20.3. The molecular weight excluding hydrogens is 290 g/mol. The predicted molar refractivity (Wildman–Crippen MR) is 70.5 cm³/mol. The van der Waals surface area contributed by atoms with Crippen LogP contribution in [0.2, 0.25) is 0 Å². The van der Waals surface area contributed by atoms with Crippen molar-refractivity contribution in [3.8, 4) is 0 Å². The second kappa shape index (κ2) is 6.30. The molecule has 0 amide bonds. The molecule has 0 saturated heterocycles. The largest absolute Gasteiger partial charge is 0.481 e. The van der Waals surface area contributed by atoms with E-state index in [9.17, 15) is 23.3 Å². The zero-order valence-corrected chi connectivity index (χ0v) is 11.3. The van der Waals surface area contributed by atoms with Crippen molar-refractivity contribution in [2.45, 2.75) is 6.42 Å². The van der Waals surface area contributed by atoms with E-state index in [-0.39, 0.29) is 24.3 Å². The van der Waals surface area contributed by atoms with E-state index in [0.29, 0.717) is 0 Å². The molecule has 0 aliphatic heterocycles. The number of rotatable bonds is 7. The first-order chi connectivity index (χ1) is 9.22. The van der Waals surface area contributed by atoms with Crippen LogP contribution in [-0.4, -0.2) is 42.3 Å². The Kier molecular flexibility index (Phi) is 5.00. The minimum atomic E-state index is -3.95. The Morgan fingerprint density at radius 3 is 2.70 bits per heavy atom. The van der Waals surface area contributed by atoms with Gasteiger partial charge in [0.25, 0.3) is 5.69 Å². The third kappa shape index (κ3) is 4.48. The molecule has 1 aromatic rings. The molecule has 20 heavy (non-hydrogen) atoms. The molecule has 2 N–H and O–H groups in total. The number of nitro benzene ring substituents is 1. The van der Waals surface area contributed by atoms with Crippen LogP contribution >= 0.6 is 0 Å². The number of carboxylic acid groups (broad SMARTS) is 1. The van der Waals surface area contributed by atoms with Crippen molar-refractivity contribution in [2.24, 2.45) is 0 Å². The molecule has 0 aliphatic rings. The maximum Gasteiger partial charge on any atom is 0.304 e. The summed E-state index contributed by atoms with van der Waals surface area (Å²) in [5.74, 6) is -1.12. The second-order valence-corrected chi connectivity index (χ2v) is 5.66. The van der Waals surface area contributed by atoms with Gasteiger partial charge in [-0.1, -0.05) is 6.07 Å². The summed E-state index contributed by atoms with van der Waals surface area (Å²) in [5, 5.41) is 19.1. The Bertz CT molecular complexity index is 615. The first kappa shape index (κ1) is 15.9. The predicted octanol–water partition coefficient (Wildman–Crippen LogP) is 0.658. The molecule has 1 rings (SSSR count). The fraction of sp³-hybridized carbons (Fsp3) is 0.300. The van der Waals surface area contributed by atoms with Crippen molar-refractivity contribution in [1.82, 2.24) is 4.31 Å². The van der Waals surface area contributed by atoms with Crippen LogP contribution < -0.4 is 4.72 Å². The Hall–Kier alpha value is -2.20. The summed E-state index contributed by atoms with van der Waals surface area (Å²) in [6, 6.07) is 5.00. The number of non-ortho nitro benzene ring substituents is 1. The van der Waals surface area contributed by atoms with E-state index in [0.717, 1.165) is 10.4 Å². The van der Waals surface area contributed by atoms with E-state index < -0.39 is 21.1 Å². The molecule has 0 radical (unpaired) electrons. The van der Waals surface area contributed by atoms with Gasteiger partial charge in [-0.3, -0.25) is 19.6 Å². The highest BCUT2D eigenvalue weighted by molar-refractivity contribution is 7.90. The van der Waals surface area contributed by atoms with E-state index in [1.54, 1.807) is 0 Å². The van der Waals surface area contributed by atoms with E-state index in [2.05, 4.69) is 4.72 Å². The molecule has 0 aromatic heterocycles. The van der Waals surface area contributed by atoms with Gasteiger partial charge in [0, 0.05) is 25.7 Å². The Labute approximate surface area is 115 Å². The highest BCUT2D eigenvalue weighted by Crippen LogP contribution is 2.18. The van der Waals surface area contributed by atoms with Gasteiger partial charge in [0.05, 0.1) is 17.0 Å². The fourth-order valence-corrected chi connectivity index (χ4v) is 2.20. The summed E-state index contributed by atoms with van der Waals surface area (Å²) in [7, 11) is -2.74. The van der Waals surface area contributed by atoms with Crippen LogP contribution in [0, 0.1) is 10.1 Å². The molecule has 0 fully saturated rings. The third-order valence-electron chi connectivity index (χ3n) is 2.35. The topological polar surface area (TPSA) is 130 Å². The quantitative estimate of drug-likeness (QED) is 0.562. The number of carbonyl (C=O) groups is 1. The van der Waals surface area contributed by atoms with Gasteiger partial charge in [0.15, 0.2) is 0 Å². The molecule has 0 atom stereocenters. The summed E-state index contributed by atoms with van der Waals surface area (Å²) >= 11 is 0. The summed E-state index contributed by atoms with van der Waals surface area (Å²) in [6.45, 7) is -0.209. The summed E-state index contributed by atoms with van der Waals surface area (Å²) < 4.78 is 26.6.